The van der Waals surface area contributed by atoms with Gasteiger partial charge < -0.3 is 14.8 Å². The second-order valence-corrected chi connectivity index (χ2v) is 8.74. The van der Waals surface area contributed by atoms with E-state index in [0.29, 0.717) is 6.42 Å². The lowest BCUT2D eigenvalue weighted by Crippen LogP contribution is -2.49. The summed E-state index contributed by atoms with van der Waals surface area (Å²) in [6.07, 6.45) is 8.90. The molecule has 0 unspecified atom stereocenters. The summed E-state index contributed by atoms with van der Waals surface area (Å²) in [4.78, 5) is 29.4. The minimum absolute atomic E-state index is 0.249. The van der Waals surface area contributed by atoms with Crippen LogP contribution in [-0.4, -0.2) is 51.9 Å². The molecule has 6 heteroatoms. The maximum absolute atomic E-state index is 12.7. The first kappa shape index (κ1) is 19.1. The monoisotopic (exact) mass is 403 g/mol. The number of aromatic nitrogens is 3. The van der Waals surface area contributed by atoms with E-state index in [1.165, 1.54) is 34.9 Å². The Balaban J connectivity index is 1.22. The Labute approximate surface area is 177 Å². The zero-order valence-electron chi connectivity index (χ0n) is 17.6. The number of benzene rings is 1. The van der Waals surface area contributed by atoms with Crippen molar-refractivity contribution in [1.82, 2.24) is 19.9 Å². The van der Waals surface area contributed by atoms with Crippen molar-refractivity contribution in [2.45, 2.75) is 39.0 Å². The molecular formula is C24H29N5O. The molecule has 2 aromatic heterocycles. The van der Waals surface area contributed by atoms with E-state index in [1.807, 2.05) is 4.90 Å². The van der Waals surface area contributed by atoms with Gasteiger partial charge in [-0.15, -0.1) is 0 Å². The molecule has 1 saturated carbocycles. The lowest BCUT2D eigenvalue weighted by Gasteiger charge is -2.35. The summed E-state index contributed by atoms with van der Waals surface area (Å²) in [6.45, 7) is 5.22. The molecule has 1 aliphatic heterocycles. The second kappa shape index (κ2) is 8.09. The lowest BCUT2D eigenvalue weighted by molar-refractivity contribution is -0.131. The van der Waals surface area contributed by atoms with Crippen molar-refractivity contribution in [3.05, 3.63) is 53.5 Å². The Morgan fingerprint density at radius 2 is 1.87 bits per heavy atom. The second-order valence-electron chi connectivity index (χ2n) is 8.74. The summed E-state index contributed by atoms with van der Waals surface area (Å²) in [7, 11) is 0. The molecule has 156 valence electrons. The highest BCUT2D eigenvalue weighted by Crippen LogP contribution is 2.36. The number of aromatic amines is 1. The van der Waals surface area contributed by atoms with Gasteiger partial charge in [-0.05, 0) is 49.7 Å². The molecule has 1 saturated heterocycles. The minimum atomic E-state index is 0.249. The number of hydrogen-bond donors (Lipinski definition) is 1. The first-order valence-corrected chi connectivity index (χ1v) is 11.1. The van der Waals surface area contributed by atoms with Crippen molar-refractivity contribution in [3.8, 4) is 0 Å². The van der Waals surface area contributed by atoms with Crippen LogP contribution in [0.3, 0.4) is 0 Å². The predicted octanol–water partition coefficient (Wildman–Crippen LogP) is 3.50. The van der Waals surface area contributed by atoms with E-state index in [2.05, 4.69) is 57.2 Å². The molecule has 0 atom stereocenters. The van der Waals surface area contributed by atoms with E-state index in [0.717, 1.165) is 56.4 Å². The minimum Gasteiger partial charge on any atom is -0.352 e. The van der Waals surface area contributed by atoms with Crippen molar-refractivity contribution < 1.29 is 4.79 Å². The van der Waals surface area contributed by atoms with Crippen molar-refractivity contribution >= 4 is 22.8 Å². The zero-order valence-corrected chi connectivity index (χ0v) is 17.6. The topological polar surface area (TPSA) is 65.1 Å². The van der Waals surface area contributed by atoms with E-state index in [9.17, 15) is 4.79 Å². The number of nitrogens with zero attached hydrogens (tertiary/aromatic N) is 4. The van der Waals surface area contributed by atoms with Crippen LogP contribution in [0.25, 0.3) is 11.0 Å². The van der Waals surface area contributed by atoms with Gasteiger partial charge in [-0.1, -0.05) is 29.8 Å². The third-order valence-corrected chi connectivity index (χ3v) is 6.42. The predicted molar refractivity (Wildman–Crippen MR) is 119 cm³/mol. The molecule has 3 aromatic rings. The quantitative estimate of drug-likeness (QED) is 0.684. The molecule has 0 bridgehead atoms. The smallest absolute Gasteiger partial charge is 0.223 e. The number of carbonyl (C=O) groups is 1. The Morgan fingerprint density at radius 3 is 2.60 bits per heavy atom. The fourth-order valence-electron chi connectivity index (χ4n) is 4.37. The number of anilines is 1. The van der Waals surface area contributed by atoms with Crippen LogP contribution < -0.4 is 4.90 Å². The first-order valence-electron chi connectivity index (χ1n) is 11.1. The fraction of sp³-hybridized carbons (Fsp3) is 0.458. The van der Waals surface area contributed by atoms with E-state index >= 15 is 0 Å². The molecule has 3 heterocycles. The van der Waals surface area contributed by atoms with Crippen LogP contribution in [0.1, 0.15) is 36.0 Å². The average molecular weight is 404 g/mol. The van der Waals surface area contributed by atoms with Crippen LogP contribution in [0.2, 0.25) is 0 Å². The number of carbonyl (C=O) groups excluding carboxylic acids is 1. The third kappa shape index (κ3) is 4.04. The molecule has 2 fully saturated rings. The van der Waals surface area contributed by atoms with Gasteiger partial charge in [0.1, 0.15) is 17.8 Å². The van der Waals surface area contributed by atoms with E-state index in [-0.39, 0.29) is 5.91 Å². The van der Waals surface area contributed by atoms with Gasteiger partial charge in [0.05, 0.1) is 5.39 Å². The summed E-state index contributed by atoms with van der Waals surface area (Å²) >= 11 is 0. The number of H-pyrrole nitrogens is 1. The number of amides is 1. The normalized spacial score (nSPS) is 17.0. The lowest BCUT2D eigenvalue weighted by atomic mass is 10.1. The summed E-state index contributed by atoms with van der Waals surface area (Å²) < 4.78 is 0. The number of aryl methyl sites for hydroxylation is 2. The van der Waals surface area contributed by atoms with Crippen molar-refractivity contribution in [2.24, 2.45) is 5.92 Å². The average Bonchev–Trinajstić information content (AvgIpc) is 3.51. The summed E-state index contributed by atoms with van der Waals surface area (Å²) in [5.74, 6) is 2.09. The summed E-state index contributed by atoms with van der Waals surface area (Å²) in [5, 5.41) is 1.17. The van der Waals surface area contributed by atoms with Gasteiger partial charge in [0.25, 0.3) is 0 Å². The highest BCUT2D eigenvalue weighted by molar-refractivity contribution is 5.91. The van der Waals surface area contributed by atoms with Gasteiger partial charge in [-0.3, -0.25) is 4.79 Å². The highest BCUT2D eigenvalue weighted by Gasteiger charge is 2.27. The Hall–Kier alpha value is -2.89. The Kier molecular flexibility index (Phi) is 5.15. The van der Waals surface area contributed by atoms with Gasteiger partial charge in [0.15, 0.2) is 0 Å². The van der Waals surface area contributed by atoms with Gasteiger partial charge in [-0.2, -0.15) is 0 Å². The molecule has 0 spiro atoms. The SMILES string of the molecule is Cc1ccc(CCC(=O)N2CCN(c3ncnc4[nH]cc(CC5CC5)c34)CC2)cc1. The van der Waals surface area contributed by atoms with Crippen LogP contribution in [0, 0.1) is 12.8 Å². The van der Waals surface area contributed by atoms with Crippen LogP contribution in [-0.2, 0) is 17.6 Å². The zero-order chi connectivity index (χ0) is 20.5. The van der Waals surface area contributed by atoms with Gasteiger partial charge in [0, 0.05) is 38.8 Å². The van der Waals surface area contributed by atoms with Gasteiger partial charge in [0.2, 0.25) is 5.91 Å². The van der Waals surface area contributed by atoms with Crippen molar-refractivity contribution in [1.29, 1.82) is 0 Å². The maximum Gasteiger partial charge on any atom is 0.223 e. The Bertz CT molecular complexity index is 1030. The molecule has 1 amide bonds. The summed E-state index contributed by atoms with van der Waals surface area (Å²) in [6, 6.07) is 8.47. The molecule has 1 N–H and O–H groups in total. The number of fused-ring (bicyclic) bond motifs is 1. The van der Waals surface area contributed by atoms with Crippen LogP contribution in [0.15, 0.2) is 36.8 Å². The molecular weight excluding hydrogens is 374 g/mol. The molecule has 6 nitrogen and oxygen atoms in total. The molecule has 30 heavy (non-hydrogen) atoms. The van der Waals surface area contributed by atoms with Gasteiger partial charge in [-0.25, -0.2) is 9.97 Å². The van der Waals surface area contributed by atoms with Gasteiger partial charge >= 0.3 is 0 Å². The molecule has 5 rings (SSSR count). The Morgan fingerprint density at radius 1 is 1.10 bits per heavy atom. The molecule has 2 aliphatic rings. The van der Waals surface area contributed by atoms with E-state index in [4.69, 9.17) is 0 Å². The van der Waals surface area contributed by atoms with E-state index < -0.39 is 0 Å². The van der Waals surface area contributed by atoms with Crippen molar-refractivity contribution in [2.75, 3.05) is 31.1 Å². The third-order valence-electron chi connectivity index (χ3n) is 6.42. The number of nitrogens with one attached hydrogen (secondary N) is 1. The standard InChI is InChI=1S/C24H29N5O/c1-17-2-4-18(5-3-17)8-9-21(30)28-10-12-29(13-11-28)24-22-20(14-19-6-7-19)15-25-23(22)26-16-27-24/h2-5,15-16,19H,6-14H2,1H3,(H,25,26,27). The largest absolute Gasteiger partial charge is 0.352 e. The maximum atomic E-state index is 12.7. The number of rotatable bonds is 6. The van der Waals surface area contributed by atoms with E-state index in [1.54, 1.807) is 6.33 Å². The fourth-order valence-corrected chi connectivity index (χ4v) is 4.37. The summed E-state index contributed by atoms with van der Waals surface area (Å²) in [5.41, 5.74) is 4.74. The number of piperazine rings is 1. The molecule has 1 aromatic carbocycles. The molecule has 0 radical (unpaired) electrons. The molecule has 1 aliphatic carbocycles. The first-order chi connectivity index (χ1) is 14.7. The van der Waals surface area contributed by atoms with Crippen LogP contribution >= 0.6 is 0 Å². The number of hydrogen-bond acceptors (Lipinski definition) is 4. The van der Waals surface area contributed by atoms with Crippen molar-refractivity contribution in [3.63, 3.8) is 0 Å². The van der Waals surface area contributed by atoms with Crippen LogP contribution in [0.4, 0.5) is 5.82 Å². The van der Waals surface area contributed by atoms with Crippen LogP contribution in [0.5, 0.6) is 0 Å². The highest BCUT2D eigenvalue weighted by atomic mass is 16.2.